The van der Waals surface area contributed by atoms with E-state index in [1.54, 1.807) is 0 Å². The first-order valence-electron chi connectivity index (χ1n) is 7.12. The molecule has 0 bridgehead atoms. The van der Waals surface area contributed by atoms with E-state index in [1.807, 2.05) is 6.92 Å². The van der Waals surface area contributed by atoms with Crippen molar-refractivity contribution in [1.82, 2.24) is 5.32 Å². The number of carbonyl (C=O) groups excluding carboxylic acids is 2. The molecule has 0 aromatic heterocycles. The van der Waals surface area contributed by atoms with Gasteiger partial charge in [-0.25, -0.2) is 0 Å². The van der Waals surface area contributed by atoms with Crippen LogP contribution < -0.4 is 5.32 Å². The molecule has 1 saturated carbocycles. The summed E-state index contributed by atoms with van der Waals surface area (Å²) in [6.07, 6.45) is 4.67. The van der Waals surface area contributed by atoms with Crippen LogP contribution in [-0.4, -0.2) is 38.2 Å². The summed E-state index contributed by atoms with van der Waals surface area (Å²) in [7, 11) is 1.42. The first kappa shape index (κ1) is 16.0. The summed E-state index contributed by atoms with van der Waals surface area (Å²) in [4.78, 5) is 23.0. The molecule has 5 heteroatoms. The van der Waals surface area contributed by atoms with Gasteiger partial charge in [0, 0.05) is 19.1 Å². The molecule has 0 aromatic rings. The number of nitrogens with one attached hydrogen (secondary N) is 1. The normalized spacial score (nSPS) is 22.8. The molecule has 5 nitrogen and oxygen atoms in total. The van der Waals surface area contributed by atoms with E-state index in [1.165, 1.54) is 7.11 Å². The van der Waals surface area contributed by atoms with Crippen LogP contribution in [0.4, 0.5) is 0 Å². The maximum atomic E-state index is 11.7. The van der Waals surface area contributed by atoms with Crippen LogP contribution in [0.15, 0.2) is 0 Å². The smallest absolute Gasteiger partial charge is 0.308 e. The maximum Gasteiger partial charge on any atom is 0.308 e. The van der Waals surface area contributed by atoms with E-state index >= 15 is 0 Å². The van der Waals surface area contributed by atoms with Gasteiger partial charge in [-0.1, -0.05) is 6.92 Å². The molecular weight excluding hydrogens is 246 g/mol. The Bertz CT molecular complexity index is 285. The molecular formula is C14H25NO4. The molecule has 0 heterocycles. The molecule has 1 fully saturated rings. The SMILES string of the molecule is CCCOCCC(=O)NC1CCC(C(=O)OC)CC1. The highest BCUT2D eigenvalue weighted by molar-refractivity contribution is 5.76. The van der Waals surface area contributed by atoms with Crippen molar-refractivity contribution in [3.05, 3.63) is 0 Å². The predicted molar refractivity (Wildman–Crippen MR) is 71.6 cm³/mol. The minimum absolute atomic E-state index is 0.00559. The molecule has 1 aliphatic rings. The van der Waals surface area contributed by atoms with E-state index in [2.05, 4.69) is 5.32 Å². The third kappa shape index (κ3) is 6.05. The Morgan fingerprint density at radius 2 is 1.84 bits per heavy atom. The Labute approximate surface area is 115 Å². The zero-order valence-electron chi connectivity index (χ0n) is 11.9. The van der Waals surface area contributed by atoms with Crippen LogP contribution in [-0.2, 0) is 19.1 Å². The van der Waals surface area contributed by atoms with Gasteiger partial charge in [0.25, 0.3) is 0 Å². The summed E-state index contributed by atoms with van der Waals surface area (Å²) < 4.78 is 10.0. The minimum atomic E-state index is -0.127. The van der Waals surface area contributed by atoms with Gasteiger partial charge in [-0.3, -0.25) is 9.59 Å². The van der Waals surface area contributed by atoms with E-state index in [-0.39, 0.29) is 23.8 Å². The van der Waals surface area contributed by atoms with E-state index < -0.39 is 0 Å². The highest BCUT2D eigenvalue weighted by Crippen LogP contribution is 2.25. The fourth-order valence-electron chi connectivity index (χ4n) is 2.35. The van der Waals surface area contributed by atoms with Crippen LogP contribution in [0.2, 0.25) is 0 Å². The molecule has 110 valence electrons. The number of hydrogen-bond acceptors (Lipinski definition) is 4. The van der Waals surface area contributed by atoms with Gasteiger partial charge in [0.1, 0.15) is 0 Å². The number of rotatable bonds is 7. The molecule has 0 aliphatic heterocycles. The molecule has 0 saturated heterocycles. The van der Waals surface area contributed by atoms with Crippen LogP contribution >= 0.6 is 0 Å². The number of carbonyl (C=O) groups is 2. The van der Waals surface area contributed by atoms with Crippen LogP contribution in [0, 0.1) is 5.92 Å². The van der Waals surface area contributed by atoms with Gasteiger partial charge >= 0.3 is 5.97 Å². The summed E-state index contributed by atoms with van der Waals surface area (Å²) in [5.41, 5.74) is 0. The number of hydrogen-bond donors (Lipinski definition) is 1. The maximum absolute atomic E-state index is 11.7. The molecule has 0 aromatic carbocycles. The fraction of sp³-hybridized carbons (Fsp3) is 0.857. The largest absolute Gasteiger partial charge is 0.469 e. The quantitative estimate of drug-likeness (QED) is 0.565. The Kier molecular flexibility index (Phi) is 7.48. The molecule has 1 aliphatic carbocycles. The van der Waals surface area contributed by atoms with Crippen LogP contribution in [0.5, 0.6) is 0 Å². The Morgan fingerprint density at radius 1 is 1.16 bits per heavy atom. The summed E-state index contributed by atoms with van der Waals surface area (Å²) in [5, 5.41) is 3.00. The number of esters is 1. The van der Waals surface area contributed by atoms with E-state index in [0.717, 1.165) is 32.1 Å². The van der Waals surface area contributed by atoms with E-state index in [0.29, 0.717) is 19.6 Å². The van der Waals surface area contributed by atoms with Crippen molar-refractivity contribution in [3.63, 3.8) is 0 Å². The number of methoxy groups -OCH3 is 1. The second kappa shape index (κ2) is 8.91. The van der Waals surface area contributed by atoms with E-state index in [9.17, 15) is 9.59 Å². The molecule has 1 amide bonds. The standard InChI is InChI=1S/C14H25NO4/c1-3-9-19-10-8-13(16)15-12-6-4-11(5-7-12)14(17)18-2/h11-12H,3-10H2,1-2H3,(H,15,16). The van der Waals surface area contributed by atoms with Gasteiger partial charge in [-0.2, -0.15) is 0 Å². The highest BCUT2D eigenvalue weighted by Gasteiger charge is 2.27. The monoisotopic (exact) mass is 271 g/mol. The molecule has 1 rings (SSSR count). The van der Waals surface area contributed by atoms with Crippen molar-refractivity contribution in [2.45, 2.75) is 51.5 Å². The first-order chi connectivity index (χ1) is 9.17. The van der Waals surface area contributed by atoms with Crippen molar-refractivity contribution in [2.75, 3.05) is 20.3 Å². The van der Waals surface area contributed by atoms with Crippen molar-refractivity contribution < 1.29 is 19.1 Å². The summed E-state index contributed by atoms with van der Waals surface area (Å²) in [6.45, 7) is 3.23. The second-order valence-corrected chi connectivity index (χ2v) is 5.00. The molecule has 0 radical (unpaired) electrons. The summed E-state index contributed by atoms with van der Waals surface area (Å²) in [6, 6.07) is 0.194. The predicted octanol–water partition coefficient (Wildman–Crippen LogP) is 1.65. The van der Waals surface area contributed by atoms with Crippen LogP contribution in [0.25, 0.3) is 0 Å². The summed E-state index contributed by atoms with van der Waals surface area (Å²) >= 11 is 0. The van der Waals surface area contributed by atoms with Gasteiger partial charge in [0.05, 0.1) is 19.6 Å². The fourth-order valence-corrected chi connectivity index (χ4v) is 2.35. The number of amides is 1. The molecule has 0 spiro atoms. The molecule has 0 unspecified atom stereocenters. The van der Waals surface area contributed by atoms with Crippen molar-refractivity contribution in [3.8, 4) is 0 Å². The van der Waals surface area contributed by atoms with Gasteiger partial charge in [0.15, 0.2) is 0 Å². The Hall–Kier alpha value is -1.10. The molecule has 1 N–H and O–H groups in total. The minimum Gasteiger partial charge on any atom is -0.469 e. The van der Waals surface area contributed by atoms with Crippen LogP contribution in [0.1, 0.15) is 45.4 Å². The zero-order valence-corrected chi connectivity index (χ0v) is 11.9. The van der Waals surface area contributed by atoms with Gasteiger partial charge < -0.3 is 14.8 Å². The van der Waals surface area contributed by atoms with Crippen molar-refractivity contribution >= 4 is 11.9 Å². The number of ether oxygens (including phenoxy) is 2. The molecule has 0 atom stereocenters. The van der Waals surface area contributed by atoms with Crippen molar-refractivity contribution in [1.29, 1.82) is 0 Å². The summed E-state index contributed by atoms with van der Waals surface area (Å²) in [5.74, 6) is -0.0820. The lowest BCUT2D eigenvalue weighted by molar-refractivity contribution is -0.146. The highest BCUT2D eigenvalue weighted by atomic mass is 16.5. The zero-order chi connectivity index (χ0) is 14.1. The van der Waals surface area contributed by atoms with Gasteiger partial charge in [-0.05, 0) is 32.1 Å². The third-order valence-electron chi connectivity index (χ3n) is 3.45. The Morgan fingerprint density at radius 3 is 2.42 bits per heavy atom. The molecule has 19 heavy (non-hydrogen) atoms. The van der Waals surface area contributed by atoms with Crippen molar-refractivity contribution in [2.24, 2.45) is 5.92 Å². The average Bonchev–Trinajstić information content (AvgIpc) is 2.43. The Balaban J connectivity index is 2.14. The van der Waals surface area contributed by atoms with Gasteiger partial charge in [0.2, 0.25) is 5.91 Å². The lowest BCUT2D eigenvalue weighted by Gasteiger charge is -2.27. The average molecular weight is 271 g/mol. The van der Waals surface area contributed by atoms with E-state index in [4.69, 9.17) is 9.47 Å². The lowest BCUT2D eigenvalue weighted by Crippen LogP contribution is -2.39. The first-order valence-corrected chi connectivity index (χ1v) is 7.12. The van der Waals surface area contributed by atoms with Gasteiger partial charge in [-0.15, -0.1) is 0 Å². The third-order valence-corrected chi connectivity index (χ3v) is 3.45. The lowest BCUT2D eigenvalue weighted by atomic mass is 9.86. The van der Waals surface area contributed by atoms with Crippen LogP contribution in [0.3, 0.4) is 0 Å². The second-order valence-electron chi connectivity index (χ2n) is 5.00. The topological polar surface area (TPSA) is 64.6 Å².